The SMILES string of the molecule is CC(C)CC(=O)Nc1ccc(S(=O)(=O)NC2COc3ccc(Br)cc3C2)cc1. The molecule has 150 valence electrons. The van der Waals surface area contributed by atoms with Crippen LogP contribution in [-0.2, 0) is 21.2 Å². The molecule has 2 N–H and O–H groups in total. The van der Waals surface area contributed by atoms with Gasteiger partial charge in [-0.15, -0.1) is 0 Å². The molecule has 0 bridgehead atoms. The largest absolute Gasteiger partial charge is 0.492 e. The fraction of sp³-hybridized carbons (Fsp3) is 0.350. The number of halogens is 1. The van der Waals surface area contributed by atoms with Gasteiger partial charge >= 0.3 is 0 Å². The van der Waals surface area contributed by atoms with Gasteiger partial charge in [-0.25, -0.2) is 13.1 Å². The van der Waals surface area contributed by atoms with E-state index < -0.39 is 10.0 Å². The molecule has 1 amide bonds. The first kappa shape index (κ1) is 20.8. The van der Waals surface area contributed by atoms with Gasteiger partial charge in [0.25, 0.3) is 0 Å². The highest BCUT2D eigenvalue weighted by atomic mass is 79.9. The van der Waals surface area contributed by atoms with Gasteiger partial charge in [0.2, 0.25) is 15.9 Å². The number of rotatable bonds is 6. The third kappa shape index (κ3) is 5.33. The molecule has 3 rings (SSSR count). The summed E-state index contributed by atoms with van der Waals surface area (Å²) in [5.41, 5.74) is 1.53. The number of hydrogen-bond donors (Lipinski definition) is 2. The van der Waals surface area contributed by atoms with Crippen molar-refractivity contribution in [3.05, 3.63) is 52.5 Å². The number of carbonyl (C=O) groups excluding carboxylic acids is 1. The van der Waals surface area contributed by atoms with E-state index in [4.69, 9.17) is 4.74 Å². The molecule has 0 aromatic heterocycles. The summed E-state index contributed by atoms with van der Waals surface area (Å²) in [7, 11) is -3.69. The Kier molecular flexibility index (Phi) is 6.42. The Hall–Kier alpha value is -1.90. The van der Waals surface area contributed by atoms with Crippen molar-refractivity contribution >= 4 is 37.5 Å². The summed E-state index contributed by atoms with van der Waals surface area (Å²) in [5.74, 6) is 0.945. The van der Waals surface area contributed by atoms with Crippen molar-refractivity contribution in [2.24, 2.45) is 5.92 Å². The Morgan fingerprint density at radius 1 is 1.21 bits per heavy atom. The standard InChI is InChI=1S/C20H23BrN2O4S/c1-13(2)9-20(24)22-16-4-6-18(7-5-16)28(25,26)23-17-11-14-10-15(21)3-8-19(14)27-12-17/h3-8,10,13,17,23H,9,11-12H2,1-2H3,(H,22,24). The van der Waals surface area contributed by atoms with Crippen molar-refractivity contribution in [1.82, 2.24) is 4.72 Å². The van der Waals surface area contributed by atoms with Crippen molar-refractivity contribution in [2.45, 2.75) is 37.6 Å². The first-order valence-electron chi connectivity index (χ1n) is 9.06. The molecule has 6 nitrogen and oxygen atoms in total. The van der Waals surface area contributed by atoms with Gasteiger partial charge in [0.05, 0.1) is 10.9 Å². The lowest BCUT2D eigenvalue weighted by molar-refractivity contribution is -0.116. The molecule has 1 aliphatic rings. The maximum atomic E-state index is 12.7. The summed E-state index contributed by atoms with van der Waals surface area (Å²) in [6, 6.07) is 11.5. The molecule has 2 aromatic rings. The Morgan fingerprint density at radius 2 is 1.93 bits per heavy atom. The van der Waals surface area contributed by atoms with Crippen LogP contribution >= 0.6 is 15.9 Å². The smallest absolute Gasteiger partial charge is 0.240 e. The fourth-order valence-corrected chi connectivity index (χ4v) is 4.66. The van der Waals surface area contributed by atoms with Gasteiger partial charge in [-0.3, -0.25) is 4.79 Å². The van der Waals surface area contributed by atoms with Crippen LogP contribution in [0.5, 0.6) is 5.75 Å². The summed E-state index contributed by atoms with van der Waals surface area (Å²) in [6.07, 6.45) is 0.970. The molecule has 0 saturated carbocycles. The predicted octanol–water partition coefficient (Wildman–Crippen LogP) is 3.72. The van der Waals surface area contributed by atoms with Crippen LogP contribution in [0.1, 0.15) is 25.8 Å². The molecule has 2 aromatic carbocycles. The third-order valence-electron chi connectivity index (χ3n) is 4.29. The average Bonchev–Trinajstić information content (AvgIpc) is 2.60. The van der Waals surface area contributed by atoms with Gasteiger partial charge in [-0.2, -0.15) is 0 Å². The van der Waals surface area contributed by atoms with E-state index in [0.29, 0.717) is 18.5 Å². The lowest BCUT2D eigenvalue weighted by Gasteiger charge is -2.26. The first-order valence-corrected chi connectivity index (χ1v) is 11.3. The molecule has 8 heteroatoms. The maximum absolute atomic E-state index is 12.7. The van der Waals surface area contributed by atoms with Crippen molar-refractivity contribution in [1.29, 1.82) is 0 Å². The highest BCUT2D eigenvalue weighted by molar-refractivity contribution is 9.10. The number of hydrogen-bond acceptors (Lipinski definition) is 4. The molecule has 1 unspecified atom stereocenters. The topological polar surface area (TPSA) is 84.5 Å². The minimum Gasteiger partial charge on any atom is -0.492 e. The molecule has 1 aliphatic heterocycles. The minimum atomic E-state index is -3.69. The number of sulfonamides is 1. The Morgan fingerprint density at radius 3 is 2.61 bits per heavy atom. The summed E-state index contributed by atoms with van der Waals surface area (Å²) in [5, 5.41) is 2.77. The lowest BCUT2D eigenvalue weighted by Crippen LogP contribution is -2.42. The molecule has 0 aliphatic carbocycles. The highest BCUT2D eigenvalue weighted by Crippen LogP contribution is 2.28. The van der Waals surface area contributed by atoms with Crippen LogP contribution in [0.4, 0.5) is 5.69 Å². The summed E-state index contributed by atoms with van der Waals surface area (Å²) < 4.78 is 34.7. The Labute approximate surface area is 173 Å². The Bertz CT molecular complexity index is 959. The van der Waals surface area contributed by atoms with Crippen molar-refractivity contribution in [2.75, 3.05) is 11.9 Å². The Balaban J connectivity index is 1.65. The number of carbonyl (C=O) groups is 1. The van der Waals surface area contributed by atoms with Crippen molar-refractivity contribution in [3.63, 3.8) is 0 Å². The van der Waals surface area contributed by atoms with E-state index in [0.717, 1.165) is 15.8 Å². The minimum absolute atomic E-state index is 0.0899. The van der Waals surface area contributed by atoms with E-state index in [9.17, 15) is 13.2 Å². The average molecular weight is 467 g/mol. The maximum Gasteiger partial charge on any atom is 0.240 e. The predicted molar refractivity (Wildman–Crippen MR) is 112 cm³/mol. The van der Waals surface area contributed by atoms with Crippen LogP contribution in [0, 0.1) is 5.92 Å². The lowest BCUT2D eigenvalue weighted by atomic mass is 10.0. The van der Waals surface area contributed by atoms with E-state index >= 15 is 0 Å². The number of anilines is 1. The molecule has 0 saturated heterocycles. The molecule has 28 heavy (non-hydrogen) atoms. The zero-order valence-corrected chi connectivity index (χ0v) is 18.1. The molecule has 1 heterocycles. The molecule has 0 spiro atoms. The number of ether oxygens (including phenoxy) is 1. The fourth-order valence-electron chi connectivity index (χ4n) is 3.03. The van der Waals surface area contributed by atoms with E-state index in [1.54, 1.807) is 12.1 Å². The number of fused-ring (bicyclic) bond motifs is 1. The second-order valence-corrected chi connectivity index (χ2v) is 9.89. The summed E-state index contributed by atoms with van der Waals surface area (Å²) in [4.78, 5) is 12.0. The number of benzene rings is 2. The first-order chi connectivity index (χ1) is 13.2. The third-order valence-corrected chi connectivity index (χ3v) is 6.32. The van der Waals surface area contributed by atoms with Crippen molar-refractivity contribution < 1.29 is 17.9 Å². The van der Waals surface area contributed by atoms with E-state index in [1.165, 1.54) is 12.1 Å². The normalized spacial score (nSPS) is 16.4. The van der Waals surface area contributed by atoms with Gasteiger partial charge in [0.1, 0.15) is 12.4 Å². The second kappa shape index (κ2) is 8.63. The van der Waals surface area contributed by atoms with Crippen LogP contribution in [0.3, 0.4) is 0 Å². The van der Waals surface area contributed by atoms with E-state index in [-0.39, 0.29) is 29.4 Å². The van der Waals surface area contributed by atoms with Gasteiger partial charge in [-0.1, -0.05) is 29.8 Å². The summed E-state index contributed by atoms with van der Waals surface area (Å²) in [6.45, 7) is 4.21. The van der Waals surface area contributed by atoms with Crippen LogP contribution in [0.15, 0.2) is 51.8 Å². The molecular weight excluding hydrogens is 444 g/mol. The molecule has 0 radical (unpaired) electrons. The van der Waals surface area contributed by atoms with Gasteiger partial charge in [0.15, 0.2) is 0 Å². The molecule has 0 fully saturated rings. The van der Waals surface area contributed by atoms with Crippen LogP contribution in [0.25, 0.3) is 0 Å². The van der Waals surface area contributed by atoms with E-state index in [1.807, 2.05) is 32.0 Å². The van der Waals surface area contributed by atoms with Gasteiger partial charge in [-0.05, 0) is 60.4 Å². The number of nitrogens with one attached hydrogen (secondary N) is 2. The van der Waals surface area contributed by atoms with Gasteiger partial charge < -0.3 is 10.1 Å². The molecule has 1 atom stereocenters. The zero-order chi connectivity index (χ0) is 20.3. The van der Waals surface area contributed by atoms with Crippen molar-refractivity contribution in [3.8, 4) is 5.75 Å². The van der Waals surface area contributed by atoms with Gasteiger partial charge in [0, 0.05) is 16.6 Å². The summed E-state index contributed by atoms with van der Waals surface area (Å²) >= 11 is 3.42. The monoisotopic (exact) mass is 466 g/mol. The van der Waals surface area contributed by atoms with Crippen LogP contribution in [-0.4, -0.2) is 27.0 Å². The van der Waals surface area contributed by atoms with Crippen LogP contribution in [0.2, 0.25) is 0 Å². The van der Waals surface area contributed by atoms with Crippen LogP contribution < -0.4 is 14.8 Å². The second-order valence-electron chi connectivity index (χ2n) is 7.26. The number of amides is 1. The highest BCUT2D eigenvalue weighted by Gasteiger charge is 2.25. The molecular formula is C20H23BrN2O4S. The quantitative estimate of drug-likeness (QED) is 0.679. The van der Waals surface area contributed by atoms with E-state index in [2.05, 4.69) is 26.0 Å². The zero-order valence-electron chi connectivity index (χ0n) is 15.7.